The molecular weight excluding hydrogens is 424 g/mol. The molecule has 1 fully saturated rings. The molecule has 1 aliphatic heterocycles. The van der Waals surface area contributed by atoms with Gasteiger partial charge in [-0.2, -0.15) is 0 Å². The first-order chi connectivity index (χ1) is 14.3. The van der Waals surface area contributed by atoms with Crippen molar-refractivity contribution in [3.8, 4) is 0 Å². The maximum atomic E-state index is 12.5. The molecule has 4 N–H and O–H groups in total. The fourth-order valence-corrected chi connectivity index (χ4v) is 4.08. The quantitative estimate of drug-likeness (QED) is 0.396. The lowest BCUT2D eigenvalue weighted by molar-refractivity contribution is 0.0943. The predicted octanol–water partition coefficient (Wildman–Crippen LogP) is 2.08. The van der Waals surface area contributed by atoms with Crippen LogP contribution in [0.15, 0.2) is 53.4 Å². The van der Waals surface area contributed by atoms with Crippen LogP contribution in [-0.2, 0) is 14.8 Å². The third kappa shape index (κ3) is 6.15. The summed E-state index contributed by atoms with van der Waals surface area (Å²) in [6.07, 6.45) is 2.14. The average molecular weight is 449 g/mol. The van der Waals surface area contributed by atoms with Crippen LogP contribution in [0.2, 0.25) is 0 Å². The number of anilines is 1. The highest BCUT2D eigenvalue weighted by atomic mass is 32.2. The number of carbonyl (C=O) groups is 1. The van der Waals surface area contributed by atoms with E-state index in [2.05, 4.69) is 20.9 Å². The van der Waals surface area contributed by atoms with Gasteiger partial charge < -0.3 is 10.1 Å². The molecule has 0 aliphatic carbocycles. The van der Waals surface area contributed by atoms with E-state index in [4.69, 9.17) is 17.0 Å². The highest BCUT2D eigenvalue weighted by Crippen LogP contribution is 2.18. The van der Waals surface area contributed by atoms with Crippen molar-refractivity contribution in [2.45, 2.75) is 30.8 Å². The molecule has 0 aromatic heterocycles. The van der Waals surface area contributed by atoms with Crippen LogP contribution in [0.5, 0.6) is 0 Å². The predicted molar refractivity (Wildman–Crippen MR) is 119 cm³/mol. The van der Waals surface area contributed by atoms with Crippen molar-refractivity contribution >= 4 is 38.9 Å². The number of aryl methyl sites for hydroxylation is 1. The summed E-state index contributed by atoms with van der Waals surface area (Å²) in [5.41, 5.74) is 6.63. The van der Waals surface area contributed by atoms with Gasteiger partial charge in [0.25, 0.3) is 15.9 Å². The van der Waals surface area contributed by atoms with E-state index in [1.807, 2.05) is 6.92 Å². The first-order valence-corrected chi connectivity index (χ1v) is 11.4. The number of hydrogen-bond donors (Lipinski definition) is 4. The molecule has 3 rings (SSSR count). The van der Waals surface area contributed by atoms with Gasteiger partial charge in [0.15, 0.2) is 5.11 Å². The summed E-state index contributed by atoms with van der Waals surface area (Å²) in [7, 11) is -3.75. The number of carbonyl (C=O) groups excluding carboxylic acids is 1. The number of benzene rings is 2. The SMILES string of the molecule is Cc1ccc(S(=O)(=O)Nc2cccc(C(=O)NNC(=S)NC[C@H]3CCCO3)c2)cc1. The van der Waals surface area contributed by atoms with Crippen LogP contribution in [0.4, 0.5) is 5.69 Å². The Morgan fingerprint density at radius 3 is 2.63 bits per heavy atom. The van der Waals surface area contributed by atoms with Crippen LogP contribution in [-0.4, -0.2) is 38.7 Å². The third-order valence-electron chi connectivity index (χ3n) is 4.51. The Labute approximate surface area is 181 Å². The lowest BCUT2D eigenvalue weighted by Crippen LogP contribution is -2.48. The maximum absolute atomic E-state index is 12.5. The van der Waals surface area contributed by atoms with Crippen molar-refractivity contribution in [3.05, 3.63) is 59.7 Å². The summed E-state index contributed by atoms with van der Waals surface area (Å²) in [6.45, 7) is 3.20. The van der Waals surface area contributed by atoms with Crippen molar-refractivity contribution in [3.63, 3.8) is 0 Å². The number of hydrogen-bond acceptors (Lipinski definition) is 5. The van der Waals surface area contributed by atoms with Gasteiger partial charge >= 0.3 is 0 Å². The minimum atomic E-state index is -3.75. The van der Waals surface area contributed by atoms with Gasteiger partial charge in [-0.05, 0) is 62.3 Å². The summed E-state index contributed by atoms with van der Waals surface area (Å²) in [4.78, 5) is 12.5. The normalized spacial score (nSPS) is 16.0. The molecule has 0 saturated carbocycles. The molecule has 1 amide bonds. The molecule has 160 valence electrons. The number of sulfonamides is 1. The van der Waals surface area contributed by atoms with Gasteiger partial charge in [-0.25, -0.2) is 8.42 Å². The number of thiocarbonyl (C=S) groups is 1. The fraction of sp³-hybridized carbons (Fsp3) is 0.300. The summed E-state index contributed by atoms with van der Waals surface area (Å²) >= 11 is 5.13. The van der Waals surface area contributed by atoms with Crippen LogP contribution in [0.25, 0.3) is 0 Å². The van der Waals surface area contributed by atoms with Crippen LogP contribution in [0.1, 0.15) is 28.8 Å². The Bertz CT molecular complexity index is 1000. The fourth-order valence-electron chi connectivity index (χ4n) is 2.90. The van der Waals surface area contributed by atoms with Crippen molar-refractivity contribution < 1.29 is 17.9 Å². The molecule has 2 aromatic rings. The summed E-state index contributed by atoms with van der Waals surface area (Å²) in [5, 5.41) is 3.26. The van der Waals surface area contributed by atoms with Crippen LogP contribution in [0, 0.1) is 6.92 Å². The maximum Gasteiger partial charge on any atom is 0.269 e. The molecule has 10 heteroatoms. The van der Waals surface area contributed by atoms with E-state index in [0.717, 1.165) is 25.0 Å². The second kappa shape index (κ2) is 9.88. The van der Waals surface area contributed by atoms with Crippen molar-refractivity contribution in [1.29, 1.82) is 0 Å². The summed E-state index contributed by atoms with van der Waals surface area (Å²) in [5.74, 6) is -0.451. The Morgan fingerprint density at radius 2 is 1.93 bits per heavy atom. The van der Waals surface area contributed by atoms with Gasteiger partial charge in [-0.15, -0.1) is 0 Å². The molecule has 1 saturated heterocycles. The molecule has 1 atom stereocenters. The monoisotopic (exact) mass is 448 g/mol. The lowest BCUT2D eigenvalue weighted by Gasteiger charge is -2.15. The first kappa shape index (κ1) is 22.0. The van der Waals surface area contributed by atoms with Crippen LogP contribution >= 0.6 is 12.2 Å². The van der Waals surface area contributed by atoms with Gasteiger partial charge in [0, 0.05) is 24.4 Å². The third-order valence-corrected chi connectivity index (χ3v) is 6.16. The van der Waals surface area contributed by atoms with E-state index in [0.29, 0.717) is 6.54 Å². The zero-order chi connectivity index (χ0) is 21.6. The molecular formula is C20H24N4O4S2. The van der Waals surface area contributed by atoms with Gasteiger partial charge in [-0.1, -0.05) is 23.8 Å². The Balaban J connectivity index is 1.55. The molecule has 8 nitrogen and oxygen atoms in total. The van der Waals surface area contributed by atoms with E-state index in [1.165, 1.54) is 18.2 Å². The zero-order valence-corrected chi connectivity index (χ0v) is 18.1. The number of amides is 1. The largest absolute Gasteiger partial charge is 0.376 e. The Hall–Kier alpha value is -2.69. The zero-order valence-electron chi connectivity index (χ0n) is 16.5. The van der Waals surface area contributed by atoms with Gasteiger partial charge in [0.1, 0.15) is 0 Å². The molecule has 0 spiro atoms. The first-order valence-electron chi connectivity index (χ1n) is 9.49. The van der Waals surface area contributed by atoms with E-state index >= 15 is 0 Å². The number of nitrogens with one attached hydrogen (secondary N) is 4. The van der Waals surface area contributed by atoms with E-state index in [-0.39, 0.29) is 27.4 Å². The molecule has 1 heterocycles. The van der Waals surface area contributed by atoms with E-state index in [9.17, 15) is 13.2 Å². The molecule has 30 heavy (non-hydrogen) atoms. The molecule has 0 unspecified atom stereocenters. The van der Waals surface area contributed by atoms with E-state index in [1.54, 1.807) is 30.3 Å². The minimum Gasteiger partial charge on any atom is -0.376 e. The van der Waals surface area contributed by atoms with Crippen LogP contribution < -0.4 is 20.9 Å². The lowest BCUT2D eigenvalue weighted by atomic mass is 10.2. The highest BCUT2D eigenvalue weighted by Gasteiger charge is 2.16. The molecule has 0 bridgehead atoms. The highest BCUT2D eigenvalue weighted by molar-refractivity contribution is 7.92. The second-order valence-corrected chi connectivity index (χ2v) is 9.01. The second-order valence-electron chi connectivity index (χ2n) is 6.92. The van der Waals surface area contributed by atoms with Gasteiger partial charge in [0.2, 0.25) is 0 Å². The number of ether oxygens (including phenoxy) is 1. The van der Waals surface area contributed by atoms with Crippen molar-refractivity contribution in [2.75, 3.05) is 17.9 Å². The molecule has 1 aliphatic rings. The summed E-state index contributed by atoms with van der Waals surface area (Å²) < 4.78 is 33.0. The smallest absolute Gasteiger partial charge is 0.269 e. The number of rotatable bonds is 6. The van der Waals surface area contributed by atoms with Gasteiger partial charge in [-0.3, -0.25) is 20.4 Å². The minimum absolute atomic E-state index is 0.124. The Kier molecular flexibility index (Phi) is 7.24. The van der Waals surface area contributed by atoms with E-state index < -0.39 is 15.9 Å². The topological polar surface area (TPSA) is 109 Å². The number of hydrazine groups is 1. The molecule has 2 aromatic carbocycles. The standard InChI is InChI=1S/C20H24N4O4S2/c1-14-7-9-18(10-8-14)30(26,27)24-16-5-2-4-15(12-16)19(25)22-23-20(29)21-13-17-6-3-11-28-17/h2,4-5,7-10,12,17,24H,3,6,11,13H2,1H3,(H,22,25)(H2,21,23,29)/t17-/m1/s1. The van der Waals surface area contributed by atoms with Gasteiger partial charge in [0.05, 0.1) is 11.0 Å². The molecule has 0 radical (unpaired) electrons. The summed E-state index contributed by atoms with van der Waals surface area (Å²) in [6, 6.07) is 12.7. The average Bonchev–Trinajstić information content (AvgIpc) is 3.24. The van der Waals surface area contributed by atoms with Crippen molar-refractivity contribution in [2.24, 2.45) is 0 Å². The van der Waals surface area contributed by atoms with Crippen molar-refractivity contribution in [1.82, 2.24) is 16.2 Å². The Morgan fingerprint density at radius 1 is 1.17 bits per heavy atom. The van der Waals surface area contributed by atoms with Crippen LogP contribution in [0.3, 0.4) is 0 Å².